The smallest absolute Gasteiger partial charge is 0.318 e. The number of amides is 2. The molecule has 3 rings (SSSR count). The molecule has 26 heavy (non-hydrogen) atoms. The van der Waals surface area contributed by atoms with Crippen molar-refractivity contribution in [2.45, 2.75) is 57.0 Å². The number of aliphatic hydroxyl groups excluding tert-OH is 1. The van der Waals surface area contributed by atoms with Crippen LogP contribution in [0.4, 0.5) is 4.79 Å². The van der Waals surface area contributed by atoms with Gasteiger partial charge in [0.05, 0.1) is 18.7 Å². The molecule has 1 heterocycles. The van der Waals surface area contributed by atoms with E-state index in [9.17, 15) is 15.2 Å². The largest absolute Gasteiger partial charge is 0.394 e. The van der Waals surface area contributed by atoms with Crippen molar-refractivity contribution in [3.05, 3.63) is 41.5 Å². The Hall–Kier alpha value is -2.32. The van der Waals surface area contributed by atoms with Gasteiger partial charge in [0.1, 0.15) is 6.04 Å². The summed E-state index contributed by atoms with van der Waals surface area (Å²) in [6.07, 6.45) is 7.67. The van der Waals surface area contributed by atoms with Gasteiger partial charge in [0.15, 0.2) is 0 Å². The third-order valence-electron chi connectivity index (χ3n) is 5.45. The molecule has 138 valence electrons. The van der Waals surface area contributed by atoms with Crippen molar-refractivity contribution in [3.63, 3.8) is 0 Å². The van der Waals surface area contributed by atoms with Crippen molar-refractivity contribution in [1.82, 2.24) is 10.2 Å². The molecule has 0 bridgehead atoms. The zero-order valence-corrected chi connectivity index (χ0v) is 15.3. The van der Waals surface area contributed by atoms with Gasteiger partial charge in [-0.3, -0.25) is 0 Å². The minimum absolute atomic E-state index is 0.143. The average molecular weight is 353 g/mol. The second-order valence-electron chi connectivity index (χ2n) is 7.05. The number of rotatable bonds is 5. The number of carbonyl (C=O) groups is 1. The van der Waals surface area contributed by atoms with E-state index in [1.54, 1.807) is 0 Å². The van der Waals surface area contributed by atoms with E-state index >= 15 is 0 Å². The van der Waals surface area contributed by atoms with E-state index in [4.69, 9.17) is 0 Å². The highest BCUT2D eigenvalue weighted by Gasteiger charge is 2.52. The van der Waals surface area contributed by atoms with Crippen molar-refractivity contribution in [3.8, 4) is 6.07 Å². The SMILES string of the molecule is CCCNC(=O)N1[C@H](C#N)[C@@H](c2ccccc2C2=CCCCC2)[C@@H]1CO. The Morgan fingerprint density at radius 1 is 1.38 bits per heavy atom. The molecule has 1 fully saturated rings. The van der Waals surface area contributed by atoms with Crippen LogP contribution in [0.25, 0.3) is 5.57 Å². The molecule has 2 N–H and O–H groups in total. The Balaban J connectivity index is 1.91. The number of nitrogens with zero attached hydrogens (tertiary/aromatic N) is 2. The maximum atomic E-state index is 12.4. The molecule has 0 spiro atoms. The van der Waals surface area contributed by atoms with E-state index in [0.29, 0.717) is 6.54 Å². The predicted octanol–water partition coefficient (Wildman–Crippen LogP) is 3.42. The van der Waals surface area contributed by atoms with Crippen LogP contribution in [-0.2, 0) is 0 Å². The summed E-state index contributed by atoms with van der Waals surface area (Å²) in [5.74, 6) is -0.156. The number of aliphatic hydroxyl groups is 1. The third kappa shape index (κ3) is 3.34. The van der Waals surface area contributed by atoms with Gasteiger partial charge in [-0.25, -0.2) is 4.79 Å². The van der Waals surface area contributed by atoms with Gasteiger partial charge in [0, 0.05) is 12.5 Å². The third-order valence-corrected chi connectivity index (χ3v) is 5.45. The summed E-state index contributed by atoms with van der Waals surface area (Å²) < 4.78 is 0. The molecule has 1 saturated heterocycles. The average Bonchev–Trinajstić information content (AvgIpc) is 2.67. The Morgan fingerprint density at radius 2 is 2.19 bits per heavy atom. The lowest BCUT2D eigenvalue weighted by atomic mass is 9.73. The summed E-state index contributed by atoms with van der Waals surface area (Å²) >= 11 is 0. The van der Waals surface area contributed by atoms with Gasteiger partial charge in [0.25, 0.3) is 0 Å². The monoisotopic (exact) mass is 353 g/mol. The van der Waals surface area contributed by atoms with Crippen LogP contribution in [0, 0.1) is 11.3 Å². The summed E-state index contributed by atoms with van der Waals surface area (Å²) in [5.41, 5.74) is 3.57. The summed E-state index contributed by atoms with van der Waals surface area (Å²) in [5, 5.41) is 22.5. The Labute approximate surface area is 155 Å². The normalized spacial score (nSPS) is 25.0. The zero-order chi connectivity index (χ0) is 18.5. The summed E-state index contributed by atoms with van der Waals surface area (Å²) in [4.78, 5) is 13.9. The second kappa shape index (κ2) is 8.37. The van der Waals surface area contributed by atoms with E-state index in [1.165, 1.54) is 28.9 Å². The van der Waals surface area contributed by atoms with E-state index in [-0.39, 0.29) is 24.6 Å². The first-order valence-corrected chi connectivity index (χ1v) is 9.57. The molecule has 1 aromatic rings. The van der Waals surface area contributed by atoms with Crippen LogP contribution in [-0.4, -0.2) is 41.3 Å². The summed E-state index contributed by atoms with van der Waals surface area (Å²) in [7, 11) is 0. The van der Waals surface area contributed by atoms with Crippen molar-refractivity contribution >= 4 is 11.6 Å². The molecule has 0 unspecified atom stereocenters. The Morgan fingerprint density at radius 3 is 2.85 bits per heavy atom. The highest BCUT2D eigenvalue weighted by atomic mass is 16.3. The lowest BCUT2D eigenvalue weighted by molar-refractivity contribution is 0.0168. The first kappa shape index (κ1) is 18.5. The van der Waals surface area contributed by atoms with Crippen LogP contribution in [0.1, 0.15) is 56.1 Å². The molecule has 3 atom stereocenters. The Kier molecular flexibility index (Phi) is 5.95. The number of nitriles is 1. The molecule has 2 aliphatic rings. The van der Waals surface area contributed by atoms with Crippen LogP contribution in [0.3, 0.4) is 0 Å². The summed E-state index contributed by atoms with van der Waals surface area (Å²) in [6, 6.07) is 9.27. The number of benzene rings is 1. The van der Waals surface area contributed by atoms with Crippen molar-refractivity contribution in [2.75, 3.05) is 13.2 Å². The predicted molar refractivity (Wildman–Crippen MR) is 101 cm³/mol. The molecular formula is C21H27N3O2. The van der Waals surface area contributed by atoms with E-state index in [2.05, 4.69) is 23.5 Å². The van der Waals surface area contributed by atoms with Gasteiger partial charge in [0.2, 0.25) is 0 Å². The molecule has 1 aromatic carbocycles. The van der Waals surface area contributed by atoms with Gasteiger partial charge in [-0.1, -0.05) is 37.3 Å². The van der Waals surface area contributed by atoms with Gasteiger partial charge < -0.3 is 15.3 Å². The number of likely N-dealkylation sites (tertiary alicyclic amines) is 1. The standard InChI is InChI=1S/C21H27N3O2/c1-2-12-23-21(26)24-18(13-22)20(19(24)14-25)17-11-7-6-10-16(17)15-8-4-3-5-9-15/h6-8,10-11,18-20,25H,2-5,9,12,14H2,1H3,(H,23,26)/t18-,19+,20-/m1/s1. The van der Waals surface area contributed by atoms with Gasteiger partial charge in [-0.05, 0) is 48.8 Å². The second-order valence-corrected chi connectivity index (χ2v) is 7.05. The van der Waals surface area contributed by atoms with Crippen molar-refractivity contribution < 1.29 is 9.90 Å². The summed E-state index contributed by atoms with van der Waals surface area (Å²) in [6.45, 7) is 2.41. The number of hydrogen-bond donors (Lipinski definition) is 2. The van der Waals surface area contributed by atoms with Crippen LogP contribution in [0.15, 0.2) is 30.3 Å². The van der Waals surface area contributed by atoms with Crippen molar-refractivity contribution in [1.29, 1.82) is 5.26 Å². The fourth-order valence-electron chi connectivity index (χ4n) is 4.15. The van der Waals surface area contributed by atoms with E-state index in [1.807, 2.05) is 25.1 Å². The molecule has 1 aliphatic carbocycles. The molecule has 1 aliphatic heterocycles. The number of nitrogens with one attached hydrogen (secondary N) is 1. The fourth-order valence-corrected chi connectivity index (χ4v) is 4.15. The minimum Gasteiger partial charge on any atom is -0.394 e. The number of allylic oxidation sites excluding steroid dienone is 2. The van der Waals surface area contributed by atoms with E-state index < -0.39 is 6.04 Å². The lowest BCUT2D eigenvalue weighted by Crippen LogP contribution is -2.67. The van der Waals surface area contributed by atoms with Crippen LogP contribution < -0.4 is 5.32 Å². The highest BCUT2D eigenvalue weighted by Crippen LogP contribution is 2.44. The number of carbonyl (C=O) groups excluding carboxylic acids is 1. The molecule has 0 radical (unpaired) electrons. The first-order valence-electron chi connectivity index (χ1n) is 9.57. The molecule has 0 saturated carbocycles. The molecule has 5 heteroatoms. The molecule has 0 aromatic heterocycles. The molecular weight excluding hydrogens is 326 g/mol. The Bertz CT molecular complexity index is 722. The van der Waals surface area contributed by atoms with Gasteiger partial charge in [-0.15, -0.1) is 0 Å². The van der Waals surface area contributed by atoms with Crippen LogP contribution >= 0.6 is 0 Å². The zero-order valence-electron chi connectivity index (χ0n) is 15.3. The fraction of sp³-hybridized carbons (Fsp3) is 0.524. The van der Waals surface area contributed by atoms with Gasteiger partial charge >= 0.3 is 6.03 Å². The van der Waals surface area contributed by atoms with Crippen LogP contribution in [0.2, 0.25) is 0 Å². The molecule has 2 amide bonds. The maximum absolute atomic E-state index is 12.4. The van der Waals surface area contributed by atoms with Crippen LogP contribution in [0.5, 0.6) is 0 Å². The number of urea groups is 1. The lowest BCUT2D eigenvalue weighted by Gasteiger charge is -2.51. The number of hydrogen-bond acceptors (Lipinski definition) is 3. The van der Waals surface area contributed by atoms with Crippen molar-refractivity contribution in [2.24, 2.45) is 0 Å². The minimum atomic E-state index is -0.547. The first-order chi connectivity index (χ1) is 12.7. The topological polar surface area (TPSA) is 76.4 Å². The highest BCUT2D eigenvalue weighted by molar-refractivity contribution is 5.78. The molecule has 5 nitrogen and oxygen atoms in total. The van der Waals surface area contributed by atoms with Gasteiger partial charge in [-0.2, -0.15) is 5.26 Å². The quantitative estimate of drug-likeness (QED) is 0.851. The van der Waals surface area contributed by atoms with E-state index in [0.717, 1.165) is 24.8 Å². The maximum Gasteiger partial charge on any atom is 0.318 e.